The number of amides is 1. The Labute approximate surface area is 162 Å². The highest BCUT2D eigenvalue weighted by Gasteiger charge is 2.36. The predicted molar refractivity (Wildman–Crippen MR) is 104 cm³/mol. The van der Waals surface area contributed by atoms with Gasteiger partial charge in [0.15, 0.2) is 0 Å². The molecule has 2 aromatic heterocycles. The summed E-state index contributed by atoms with van der Waals surface area (Å²) in [5, 5.41) is 0. The van der Waals surface area contributed by atoms with E-state index in [0.717, 1.165) is 23.4 Å². The highest BCUT2D eigenvalue weighted by atomic mass is 16.5. The largest absolute Gasteiger partial charge is 0.379 e. The van der Waals surface area contributed by atoms with Crippen molar-refractivity contribution in [2.24, 2.45) is 5.92 Å². The zero-order valence-corrected chi connectivity index (χ0v) is 15.5. The van der Waals surface area contributed by atoms with Crippen LogP contribution in [0.4, 0.5) is 5.82 Å². The summed E-state index contributed by atoms with van der Waals surface area (Å²) in [7, 11) is 0. The maximum atomic E-state index is 13.0. The fourth-order valence-electron chi connectivity index (χ4n) is 4.06. The number of nitrogens with zero attached hydrogens (tertiary/aromatic N) is 6. The van der Waals surface area contributed by atoms with Crippen LogP contribution in [0, 0.1) is 5.92 Å². The van der Waals surface area contributed by atoms with Crippen molar-refractivity contribution in [2.45, 2.75) is 12.6 Å². The van der Waals surface area contributed by atoms with Gasteiger partial charge in [0.1, 0.15) is 12.4 Å². The van der Waals surface area contributed by atoms with E-state index in [1.807, 2.05) is 46.1 Å². The summed E-state index contributed by atoms with van der Waals surface area (Å²) in [6.45, 7) is 3.71. The third-order valence-electron chi connectivity index (χ3n) is 5.43. The molecular weight excluding hydrogens is 356 g/mol. The molecule has 2 aliphatic rings. The van der Waals surface area contributed by atoms with Crippen LogP contribution >= 0.6 is 0 Å². The van der Waals surface area contributed by atoms with Gasteiger partial charge in [-0.3, -0.25) is 9.78 Å². The number of benzene rings is 1. The third-order valence-corrected chi connectivity index (χ3v) is 5.43. The van der Waals surface area contributed by atoms with Gasteiger partial charge in [0.2, 0.25) is 5.91 Å². The molecule has 1 amide bonds. The van der Waals surface area contributed by atoms with Crippen molar-refractivity contribution in [3.8, 4) is 0 Å². The molecule has 0 spiro atoms. The first-order valence-corrected chi connectivity index (χ1v) is 9.56. The molecule has 4 heterocycles. The normalized spacial score (nSPS) is 22.3. The Balaban J connectivity index is 1.40. The van der Waals surface area contributed by atoms with Gasteiger partial charge in [0, 0.05) is 37.9 Å². The lowest BCUT2D eigenvalue weighted by molar-refractivity contribution is -0.134. The molecule has 2 fully saturated rings. The van der Waals surface area contributed by atoms with Gasteiger partial charge in [-0.05, 0) is 12.1 Å². The maximum absolute atomic E-state index is 13.0. The molecule has 3 aromatic rings. The molecule has 0 aliphatic carbocycles. The van der Waals surface area contributed by atoms with E-state index >= 15 is 0 Å². The van der Waals surface area contributed by atoms with Crippen LogP contribution in [0.5, 0.6) is 0 Å². The van der Waals surface area contributed by atoms with E-state index in [2.05, 4.69) is 14.9 Å². The molecule has 0 saturated carbocycles. The Kier molecular flexibility index (Phi) is 4.40. The molecule has 8 heteroatoms. The number of fused-ring (bicyclic) bond motifs is 4. The number of ether oxygens (including phenoxy) is 1. The van der Waals surface area contributed by atoms with Gasteiger partial charge in [0.05, 0.1) is 42.8 Å². The van der Waals surface area contributed by atoms with Crippen molar-refractivity contribution in [1.29, 1.82) is 0 Å². The first-order chi connectivity index (χ1) is 13.8. The van der Waals surface area contributed by atoms with Gasteiger partial charge in [0.25, 0.3) is 0 Å². The van der Waals surface area contributed by atoms with E-state index in [9.17, 15) is 4.79 Å². The van der Waals surface area contributed by atoms with E-state index in [1.54, 1.807) is 12.5 Å². The Hall–Kier alpha value is -3.00. The lowest BCUT2D eigenvalue weighted by Crippen LogP contribution is -2.47. The highest BCUT2D eigenvalue weighted by molar-refractivity contribution is 5.77. The molecule has 2 atom stereocenters. The Morgan fingerprint density at radius 2 is 2.04 bits per heavy atom. The van der Waals surface area contributed by atoms with E-state index in [4.69, 9.17) is 9.72 Å². The summed E-state index contributed by atoms with van der Waals surface area (Å²) in [5.41, 5.74) is 1.78. The van der Waals surface area contributed by atoms with Gasteiger partial charge in [-0.2, -0.15) is 0 Å². The number of aromatic nitrogens is 4. The predicted octanol–water partition coefficient (Wildman–Crippen LogP) is 1.19. The smallest absolute Gasteiger partial charge is 0.242 e. The second kappa shape index (κ2) is 7.20. The molecule has 5 rings (SSSR count). The highest BCUT2D eigenvalue weighted by Crippen LogP contribution is 2.24. The molecule has 0 radical (unpaired) electrons. The van der Waals surface area contributed by atoms with E-state index < -0.39 is 0 Å². The van der Waals surface area contributed by atoms with Crippen LogP contribution in [0.1, 0.15) is 0 Å². The van der Waals surface area contributed by atoms with Crippen LogP contribution in [0.3, 0.4) is 0 Å². The topological polar surface area (TPSA) is 76.4 Å². The lowest BCUT2D eigenvalue weighted by atomic mass is 10.1. The minimum atomic E-state index is -0.00297. The SMILES string of the molecule is O=C(Cn1ccnc1)N1C[C@H]2COC[C@@H]1CN(c1cnc3ccccc3n1)C2. The van der Waals surface area contributed by atoms with Gasteiger partial charge in [-0.25, -0.2) is 9.97 Å². The Morgan fingerprint density at radius 3 is 2.89 bits per heavy atom. The van der Waals surface area contributed by atoms with Crippen molar-refractivity contribution in [2.75, 3.05) is 37.7 Å². The number of hydrogen-bond donors (Lipinski definition) is 0. The van der Waals surface area contributed by atoms with Gasteiger partial charge < -0.3 is 19.1 Å². The van der Waals surface area contributed by atoms with E-state index in [1.165, 1.54) is 0 Å². The quantitative estimate of drug-likeness (QED) is 0.681. The standard InChI is InChI=1S/C20H22N6O2/c27-20(11-24-6-5-21-14-24)26-9-15-8-25(10-16(26)13-28-12-15)19-7-22-17-3-1-2-4-18(17)23-19/h1-7,14-16H,8-13H2/t15-,16-/m0/s1. The molecule has 28 heavy (non-hydrogen) atoms. The van der Waals surface area contributed by atoms with Crippen LogP contribution in [-0.2, 0) is 16.1 Å². The minimum absolute atomic E-state index is 0.00297. The van der Waals surface area contributed by atoms with Crippen LogP contribution < -0.4 is 4.90 Å². The number of imidazole rings is 1. The van der Waals surface area contributed by atoms with Crippen LogP contribution in [-0.4, -0.2) is 69.2 Å². The molecule has 144 valence electrons. The van der Waals surface area contributed by atoms with Gasteiger partial charge >= 0.3 is 0 Å². The first-order valence-electron chi connectivity index (χ1n) is 9.56. The van der Waals surface area contributed by atoms with Crippen molar-refractivity contribution < 1.29 is 9.53 Å². The van der Waals surface area contributed by atoms with Crippen LogP contribution in [0.15, 0.2) is 49.2 Å². The van der Waals surface area contributed by atoms with Crippen molar-refractivity contribution in [3.05, 3.63) is 49.2 Å². The molecule has 8 nitrogen and oxygen atoms in total. The molecule has 0 unspecified atom stereocenters. The number of carbonyl (C=O) groups is 1. The van der Waals surface area contributed by atoms with Crippen molar-refractivity contribution in [3.63, 3.8) is 0 Å². The Bertz CT molecular complexity index is 976. The molecule has 0 N–H and O–H groups in total. The minimum Gasteiger partial charge on any atom is -0.379 e. The number of anilines is 1. The van der Waals surface area contributed by atoms with E-state index in [0.29, 0.717) is 32.8 Å². The summed E-state index contributed by atoms with van der Waals surface area (Å²) < 4.78 is 7.67. The van der Waals surface area contributed by atoms with Gasteiger partial charge in [-0.1, -0.05) is 12.1 Å². The number of hydrogen-bond acceptors (Lipinski definition) is 6. The van der Waals surface area contributed by atoms with Crippen LogP contribution in [0.25, 0.3) is 11.0 Å². The fourth-order valence-corrected chi connectivity index (χ4v) is 4.06. The molecule has 2 bridgehead atoms. The number of para-hydroxylation sites is 2. The Morgan fingerprint density at radius 1 is 1.14 bits per heavy atom. The average molecular weight is 378 g/mol. The number of carbonyl (C=O) groups excluding carboxylic acids is 1. The zero-order valence-electron chi connectivity index (χ0n) is 15.5. The summed E-state index contributed by atoms with van der Waals surface area (Å²) in [5.74, 6) is 1.21. The number of rotatable bonds is 3. The molecular formula is C20H22N6O2. The lowest BCUT2D eigenvalue weighted by Gasteiger charge is -2.31. The summed E-state index contributed by atoms with van der Waals surface area (Å²) in [4.78, 5) is 30.6. The monoisotopic (exact) mass is 378 g/mol. The zero-order chi connectivity index (χ0) is 18.9. The molecule has 2 saturated heterocycles. The fraction of sp³-hybridized carbons (Fsp3) is 0.400. The second-order valence-electron chi connectivity index (χ2n) is 7.46. The summed E-state index contributed by atoms with van der Waals surface area (Å²) >= 11 is 0. The first kappa shape index (κ1) is 17.1. The van der Waals surface area contributed by atoms with Crippen LogP contribution in [0.2, 0.25) is 0 Å². The molecule has 1 aromatic carbocycles. The molecule has 2 aliphatic heterocycles. The van der Waals surface area contributed by atoms with E-state index in [-0.39, 0.29) is 17.9 Å². The van der Waals surface area contributed by atoms with Crippen molar-refractivity contribution >= 4 is 22.8 Å². The third kappa shape index (κ3) is 3.31. The second-order valence-corrected chi connectivity index (χ2v) is 7.46. The van der Waals surface area contributed by atoms with Crippen molar-refractivity contribution in [1.82, 2.24) is 24.4 Å². The van der Waals surface area contributed by atoms with Gasteiger partial charge in [-0.15, -0.1) is 0 Å². The summed E-state index contributed by atoms with van der Waals surface area (Å²) in [6.07, 6.45) is 7.02. The maximum Gasteiger partial charge on any atom is 0.242 e. The summed E-state index contributed by atoms with van der Waals surface area (Å²) in [6, 6.07) is 7.88. The average Bonchev–Trinajstić information content (AvgIpc) is 3.03.